The molecule has 0 saturated heterocycles. The Labute approximate surface area is 94.2 Å². The smallest absolute Gasteiger partial charge is 0.221 e. The summed E-state index contributed by atoms with van der Waals surface area (Å²) in [4.78, 5) is 22.8. The molecule has 0 atom stereocenters. The fourth-order valence-corrected chi connectivity index (χ4v) is 1.79. The van der Waals surface area contributed by atoms with Gasteiger partial charge in [0.25, 0.3) is 0 Å². The van der Waals surface area contributed by atoms with Crippen molar-refractivity contribution in [1.29, 1.82) is 0 Å². The molecule has 0 unspecified atom stereocenters. The Kier molecular flexibility index (Phi) is 2.60. The van der Waals surface area contributed by atoms with Gasteiger partial charge in [-0.2, -0.15) is 0 Å². The fourth-order valence-electron chi connectivity index (χ4n) is 1.79. The summed E-state index contributed by atoms with van der Waals surface area (Å²) in [5, 5.41) is 2.55. The van der Waals surface area contributed by atoms with Crippen LogP contribution in [0.25, 0.3) is 6.08 Å². The third-order valence-electron chi connectivity index (χ3n) is 2.63. The first-order valence-electron chi connectivity index (χ1n) is 5.28. The van der Waals surface area contributed by atoms with Crippen molar-refractivity contribution in [2.45, 2.75) is 20.3 Å². The van der Waals surface area contributed by atoms with Crippen molar-refractivity contribution in [2.75, 3.05) is 0 Å². The summed E-state index contributed by atoms with van der Waals surface area (Å²) in [5.74, 6) is -0.316. The normalized spacial score (nSPS) is 13.4. The van der Waals surface area contributed by atoms with Crippen molar-refractivity contribution in [3.63, 3.8) is 0 Å². The molecule has 2 rings (SSSR count). The van der Waals surface area contributed by atoms with E-state index in [2.05, 4.69) is 5.32 Å². The molecule has 0 fully saturated rings. The first-order valence-corrected chi connectivity index (χ1v) is 5.28. The average Bonchev–Trinajstić information content (AvgIpc) is 2.55. The number of rotatable bonds is 2. The van der Waals surface area contributed by atoms with Gasteiger partial charge in [0, 0.05) is 12.5 Å². The minimum absolute atomic E-state index is 0.0968. The van der Waals surface area contributed by atoms with E-state index < -0.39 is 0 Å². The predicted octanol–water partition coefficient (Wildman–Crippen LogP) is 1.92. The van der Waals surface area contributed by atoms with Gasteiger partial charge in [-0.3, -0.25) is 9.59 Å². The summed E-state index contributed by atoms with van der Waals surface area (Å²) in [5.41, 5.74) is 3.06. The zero-order chi connectivity index (χ0) is 11.7. The lowest BCUT2D eigenvalue weighted by molar-refractivity contribution is -0.118. The number of ketones is 1. The minimum Gasteiger partial charge on any atom is -0.323 e. The second-order valence-electron chi connectivity index (χ2n) is 3.84. The Morgan fingerprint density at radius 1 is 1.38 bits per heavy atom. The van der Waals surface area contributed by atoms with E-state index in [9.17, 15) is 9.59 Å². The van der Waals surface area contributed by atoms with Gasteiger partial charge in [-0.15, -0.1) is 0 Å². The Balaban J connectivity index is 2.36. The van der Waals surface area contributed by atoms with Crippen LogP contribution in [0.2, 0.25) is 0 Å². The van der Waals surface area contributed by atoms with Gasteiger partial charge in [0.05, 0.1) is 5.70 Å². The molecule has 3 heteroatoms. The van der Waals surface area contributed by atoms with Gasteiger partial charge in [0.2, 0.25) is 11.7 Å². The topological polar surface area (TPSA) is 46.2 Å². The van der Waals surface area contributed by atoms with E-state index in [1.807, 2.05) is 25.1 Å². The summed E-state index contributed by atoms with van der Waals surface area (Å²) in [7, 11) is 0. The third-order valence-corrected chi connectivity index (χ3v) is 2.63. The molecule has 1 aliphatic rings. The summed E-state index contributed by atoms with van der Waals surface area (Å²) < 4.78 is 0. The van der Waals surface area contributed by atoms with Gasteiger partial charge in [-0.1, -0.05) is 19.1 Å². The van der Waals surface area contributed by atoms with Crippen LogP contribution in [0.4, 0.5) is 0 Å². The monoisotopic (exact) mass is 215 g/mol. The molecule has 1 amide bonds. The molecule has 16 heavy (non-hydrogen) atoms. The van der Waals surface area contributed by atoms with Crippen LogP contribution in [-0.2, 0) is 11.2 Å². The number of allylic oxidation sites excluding steroid dienone is 1. The number of aryl methyl sites for hydroxylation is 1. The van der Waals surface area contributed by atoms with Gasteiger partial charge < -0.3 is 5.32 Å². The van der Waals surface area contributed by atoms with Gasteiger partial charge >= 0.3 is 0 Å². The molecule has 1 aromatic rings. The number of carbonyl (C=O) groups excluding carboxylic acids is 2. The highest BCUT2D eigenvalue weighted by Crippen LogP contribution is 2.24. The van der Waals surface area contributed by atoms with E-state index in [1.54, 1.807) is 6.08 Å². The molecule has 0 saturated carbocycles. The summed E-state index contributed by atoms with van der Waals surface area (Å²) in [6.07, 6.45) is 2.62. The Morgan fingerprint density at radius 3 is 2.75 bits per heavy atom. The van der Waals surface area contributed by atoms with Crippen LogP contribution >= 0.6 is 0 Å². The second-order valence-corrected chi connectivity index (χ2v) is 3.84. The summed E-state index contributed by atoms with van der Waals surface area (Å²) in [6.45, 7) is 3.44. The second kappa shape index (κ2) is 3.93. The van der Waals surface area contributed by atoms with Crippen LogP contribution in [0.3, 0.4) is 0 Å². The molecule has 1 N–H and O–H groups in total. The summed E-state index contributed by atoms with van der Waals surface area (Å²) >= 11 is 0. The van der Waals surface area contributed by atoms with E-state index in [0.29, 0.717) is 11.3 Å². The number of hydrogen-bond acceptors (Lipinski definition) is 2. The highest BCUT2D eigenvalue weighted by molar-refractivity contribution is 6.18. The van der Waals surface area contributed by atoms with Crippen LogP contribution in [0.1, 0.15) is 35.3 Å². The molecule has 0 aliphatic heterocycles. The fraction of sp³-hybridized carbons (Fsp3) is 0.231. The van der Waals surface area contributed by atoms with Crippen molar-refractivity contribution in [3.05, 3.63) is 40.6 Å². The first kappa shape index (κ1) is 10.6. The molecule has 1 aromatic carbocycles. The van der Waals surface area contributed by atoms with Crippen LogP contribution < -0.4 is 5.32 Å². The van der Waals surface area contributed by atoms with Crippen molar-refractivity contribution in [3.8, 4) is 0 Å². The highest BCUT2D eigenvalue weighted by atomic mass is 16.2. The van der Waals surface area contributed by atoms with Crippen molar-refractivity contribution in [2.24, 2.45) is 0 Å². The molecule has 0 aromatic heterocycles. The third kappa shape index (κ3) is 1.76. The molecular formula is C13H13NO2. The zero-order valence-electron chi connectivity index (χ0n) is 9.33. The zero-order valence-corrected chi connectivity index (χ0v) is 9.33. The lowest BCUT2D eigenvalue weighted by Gasteiger charge is -2.02. The number of hydrogen-bond donors (Lipinski definition) is 1. The van der Waals surface area contributed by atoms with Crippen molar-refractivity contribution < 1.29 is 9.59 Å². The minimum atomic E-state index is -0.219. The predicted molar refractivity (Wildman–Crippen MR) is 61.9 cm³/mol. The molecule has 0 radical (unpaired) electrons. The number of fused-ring (bicyclic) bond motifs is 1. The molecule has 0 spiro atoms. The molecule has 0 bridgehead atoms. The van der Waals surface area contributed by atoms with E-state index in [-0.39, 0.29) is 11.7 Å². The molecule has 0 heterocycles. The van der Waals surface area contributed by atoms with Crippen LogP contribution in [-0.4, -0.2) is 11.7 Å². The van der Waals surface area contributed by atoms with E-state index in [1.165, 1.54) is 6.92 Å². The van der Waals surface area contributed by atoms with Gasteiger partial charge in [0.15, 0.2) is 0 Å². The highest BCUT2D eigenvalue weighted by Gasteiger charge is 2.23. The number of amides is 1. The summed E-state index contributed by atoms with van der Waals surface area (Å²) in [6, 6.07) is 5.81. The van der Waals surface area contributed by atoms with Crippen LogP contribution in [0.5, 0.6) is 0 Å². The SMILES string of the molecule is CCc1ccc2c(c1)C(=O)C(NC(C)=O)=C2. The van der Waals surface area contributed by atoms with Gasteiger partial charge in [-0.25, -0.2) is 0 Å². The van der Waals surface area contributed by atoms with Gasteiger partial charge in [-0.05, 0) is 29.7 Å². The number of nitrogens with one attached hydrogen (secondary N) is 1. The molecular weight excluding hydrogens is 202 g/mol. The van der Waals surface area contributed by atoms with E-state index in [0.717, 1.165) is 17.5 Å². The van der Waals surface area contributed by atoms with E-state index >= 15 is 0 Å². The maximum atomic E-state index is 11.9. The lowest BCUT2D eigenvalue weighted by Crippen LogP contribution is -2.22. The van der Waals surface area contributed by atoms with E-state index in [4.69, 9.17) is 0 Å². The standard InChI is InChI=1S/C13H13NO2/c1-3-9-4-5-10-7-12(14-8(2)15)13(16)11(10)6-9/h4-7H,3H2,1-2H3,(H,14,15,16). The number of benzene rings is 1. The Hall–Kier alpha value is -1.90. The number of carbonyl (C=O) groups is 2. The average molecular weight is 215 g/mol. The number of Topliss-reactive ketones (excluding diaryl/α,β-unsaturated/α-hetero) is 1. The molecule has 82 valence electrons. The van der Waals surface area contributed by atoms with Crippen LogP contribution in [0.15, 0.2) is 23.9 Å². The molecule has 1 aliphatic carbocycles. The van der Waals surface area contributed by atoms with Crippen molar-refractivity contribution in [1.82, 2.24) is 5.32 Å². The molecule has 3 nitrogen and oxygen atoms in total. The quantitative estimate of drug-likeness (QED) is 0.819. The first-order chi connectivity index (χ1) is 7.61. The van der Waals surface area contributed by atoms with Crippen molar-refractivity contribution >= 4 is 17.8 Å². The lowest BCUT2D eigenvalue weighted by atomic mass is 10.0. The maximum absolute atomic E-state index is 11.9. The van der Waals surface area contributed by atoms with Gasteiger partial charge in [0.1, 0.15) is 0 Å². The van der Waals surface area contributed by atoms with Crippen LogP contribution in [0, 0.1) is 0 Å². The maximum Gasteiger partial charge on any atom is 0.221 e. The Morgan fingerprint density at radius 2 is 2.12 bits per heavy atom. The largest absolute Gasteiger partial charge is 0.323 e. The Bertz CT molecular complexity index is 501.